The summed E-state index contributed by atoms with van der Waals surface area (Å²) in [4.78, 5) is 6.83. The topological polar surface area (TPSA) is 25.4 Å². The number of aryl methyl sites for hydroxylation is 1. The first-order chi connectivity index (χ1) is 7.79. The zero-order valence-corrected chi connectivity index (χ0v) is 9.94. The third-order valence-electron chi connectivity index (χ3n) is 4.09. The molecule has 0 radical (unpaired) electrons. The summed E-state index contributed by atoms with van der Waals surface area (Å²) in [5, 5.41) is 0. The molecule has 0 N–H and O–H groups in total. The van der Waals surface area contributed by atoms with Gasteiger partial charge in [0.2, 0.25) is 5.88 Å². The van der Waals surface area contributed by atoms with Crippen LogP contribution < -0.4 is 4.74 Å². The quantitative estimate of drug-likeness (QED) is 0.721. The Labute approximate surface area is 96.4 Å². The maximum Gasteiger partial charge on any atom is 0.213 e. The molecule has 1 fully saturated rings. The molecule has 0 aromatic carbocycles. The maximum absolute atomic E-state index is 5.19. The first-order valence-electron chi connectivity index (χ1n) is 6.02. The first-order valence-corrected chi connectivity index (χ1v) is 6.02. The predicted octanol–water partition coefficient (Wildman–Crippen LogP) is 2.03. The highest BCUT2D eigenvalue weighted by molar-refractivity contribution is 5.35. The van der Waals surface area contributed by atoms with E-state index in [2.05, 4.69) is 23.0 Å². The van der Waals surface area contributed by atoms with Crippen LogP contribution in [0.25, 0.3) is 0 Å². The van der Waals surface area contributed by atoms with E-state index in [4.69, 9.17) is 4.74 Å². The third-order valence-corrected chi connectivity index (χ3v) is 4.09. The number of hydrogen-bond acceptors (Lipinski definition) is 3. The zero-order chi connectivity index (χ0) is 11.1. The third kappa shape index (κ3) is 1.42. The summed E-state index contributed by atoms with van der Waals surface area (Å²) in [6, 6.07) is 2.71. The van der Waals surface area contributed by atoms with Crippen molar-refractivity contribution in [2.75, 3.05) is 20.7 Å². The standard InChI is InChI=1S/C13H18N2O/c1-15-6-5-9-3-4-10-7-12(16-2)14-8-11(10)13(9)15/h7-9,13H,3-6H2,1-2H3. The molecule has 2 unspecified atom stereocenters. The van der Waals surface area contributed by atoms with Crippen LogP contribution in [0.15, 0.2) is 12.3 Å². The molecule has 2 atom stereocenters. The van der Waals surface area contributed by atoms with Gasteiger partial charge in [-0.3, -0.25) is 4.90 Å². The Morgan fingerprint density at radius 1 is 1.44 bits per heavy atom. The average molecular weight is 218 g/mol. The largest absolute Gasteiger partial charge is 0.481 e. The second-order valence-corrected chi connectivity index (χ2v) is 4.94. The Bertz CT molecular complexity index is 405. The fourth-order valence-electron chi connectivity index (χ4n) is 3.24. The summed E-state index contributed by atoms with van der Waals surface area (Å²) in [6.45, 7) is 1.22. The van der Waals surface area contributed by atoms with Crippen LogP contribution in [0.2, 0.25) is 0 Å². The second-order valence-electron chi connectivity index (χ2n) is 4.94. The molecule has 16 heavy (non-hydrogen) atoms. The zero-order valence-electron chi connectivity index (χ0n) is 9.94. The molecular weight excluding hydrogens is 200 g/mol. The van der Waals surface area contributed by atoms with E-state index in [1.54, 1.807) is 7.11 Å². The molecule has 2 heterocycles. The van der Waals surface area contributed by atoms with E-state index >= 15 is 0 Å². The van der Waals surface area contributed by atoms with Crippen LogP contribution in [0.1, 0.15) is 30.0 Å². The second kappa shape index (κ2) is 3.74. The molecular formula is C13H18N2O. The molecule has 86 valence electrons. The fourth-order valence-corrected chi connectivity index (χ4v) is 3.24. The number of aromatic nitrogens is 1. The lowest BCUT2D eigenvalue weighted by Gasteiger charge is -2.31. The van der Waals surface area contributed by atoms with Crippen LogP contribution in [-0.2, 0) is 6.42 Å². The summed E-state index contributed by atoms with van der Waals surface area (Å²) >= 11 is 0. The number of hydrogen-bond donors (Lipinski definition) is 0. The SMILES string of the molecule is COc1cc2c(cn1)C1C(CC2)CCN1C. The Hall–Kier alpha value is -1.09. The van der Waals surface area contributed by atoms with Crippen molar-refractivity contribution in [1.29, 1.82) is 0 Å². The number of likely N-dealkylation sites (tertiary alicyclic amines) is 1. The molecule has 1 saturated heterocycles. The average Bonchev–Trinajstić information content (AvgIpc) is 2.70. The van der Waals surface area contributed by atoms with Gasteiger partial charge in [0.1, 0.15) is 0 Å². The van der Waals surface area contributed by atoms with Crippen molar-refractivity contribution in [3.8, 4) is 5.88 Å². The van der Waals surface area contributed by atoms with Crippen molar-refractivity contribution in [3.05, 3.63) is 23.4 Å². The van der Waals surface area contributed by atoms with Gasteiger partial charge in [-0.05, 0) is 49.9 Å². The van der Waals surface area contributed by atoms with Crippen molar-refractivity contribution in [3.63, 3.8) is 0 Å². The van der Waals surface area contributed by atoms with Gasteiger partial charge in [0.05, 0.1) is 7.11 Å². The van der Waals surface area contributed by atoms with Crippen LogP contribution in [0.5, 0.6) is 5.88 Å². The number of fused-ring (bicyclic) bond motifs is 3. The Balaban J connectivity index is 2.02. The number of ether oxygens (including phenoxy) is 1. The Morgan fingerprint density at radius 2 is 2.31 bits per heavy atom. The molecule has 0 spiro atoms. The van der Waals surface area contributed by atoms with Crippen molar-refractivity contribution < 1.29 is 4.74 Å². The van der Waals surface area contributed by atoms with E-state index in [1.807, 2.05) is 6.20 Å². The molecule has 2 aliphatic rings. The highest BCUT2D eigenvalue weighted by Gasteiger charge is 2.37. The van der Waals surface area contributed by atoms with Gasteiger partial charge < -0.3 is 4.74 Å². The summed E-state index contributed by atoms with van der Waals surface area (Å²) in [5.41, 5.74) is 2.86. The van der Waals surface area contributed by atoms with E-state index in [0.717, 1.165) is 11.8 Å². The van der Waals surface area contributed by atoms with E-state index in [9.17, 15) is 0 Å². The maximum atomic E-state index is 5.19. The number of rotatable bonds is 1. The van der Waals surface area contributed by atoms with Crippen LogP contribution in [0.3, 0.4) is 0 Å². The number of nitrogens with zero attached hydrogens (tertiary/aromatic N) is 2. The smallest absolute Gasteiger partial charge is 0.213 e. The molecule has 3 rings (SSSR count). The predicted molar refractivity (Wildman–Crippen MR) is 62.6 cm³/mol. The molecule has 1 aliphatic heterocycles. The molecule has 1 aromatic heterocycles. The van der Waals surface area contributed by atoms with Crippen LogP contribution in [0, 0.1) is 5.92 Å². The van der Waals surface area contributed by atoms with Crippen molar-refractivity contribution in [1.82, 2.24) is 9.88 Å². The van der Waals surface area contributed by atoms with E-state index in [1.165, 1.54) is 36.9 Å². The Morgan fingerprint density at radius 3 is 3.12 bits per heavy atom. The molecule has 0 saturated carbocycles. The van der Waals surface area contributed by atoms with Gasteiger partial charge in [-0.1, -0.05) is 0 Å². The van der Waals surface area contributed by atoms with E-state index in [-0.39, 0.29) is 0 Å². The lowest BCUT2D eigenvalue weighted by atomic mass is 9.81. The van der Waals surface area contributed by atoms with Gasteiger partial charge in [-0.15, -0.1) is 0 Å². The highest BCUT2D eigenvalue weighted by atomic mass is 16.5. The van der Waals surface area contributed by atoms with Gasteiger partial charge in [-0.25, -0.2) is 4.98 Å². The molecule has 0 bridgehead atoms. The van der Waals surface area contributed by atoms with Gasteiger partial charge in [0, 0.05) is 18.3 Å². The minimum Gasteiger partial charge on any atom is -0.481 e. The summed E-state index contributed by atoms with van der Waals surface area (Å²) in [7, 11) is 3.91. The minimum absolute atomic E-state index is 0.599. The van der Waals surface area contributed by atoms with Gasteiger partial charge >= 0.3 is 0 Å². The minimum atomic E-state index is 0.599. The highest BCUT2D eigenvalue weighted by Crippen LogP contribution is 2.44. The molecule has 3 heteroatoms. The van der Waals surface area contributed by atoms with Gasteiger partial charge in [-0.2, -0.15) is 0 Å². The van der Waals surface area contributed by atoms with Crippen molar-refractivity contribution >= 4 is 0 Å². The number of methoxy groups -OCH3 is 1. The molecule has 3 nitrogen and oxygen atoms in total. The lowest BCUT2D eigenvalue weighted by Crippen LogP contribution is -2.26. The summed E-state index contributed by atoms with van der Waals surface area (Å²) in [6.07, 6.45) is 5.86. The summed E-state index contributed by atoms with van der Waals surface area (Å²) in [5.74, 6) is 1.59. The van der Waals surface area contributed by atoms with Gasteiger partial charge in [0.15, 0.2) is 0 Å². The van der Waals surface area contributed by atoms with Crippen LogP contribution >= 0.6 is 0 Å². The first kappa shape index (κ1) is 10.1. The van der Waals surface area contributed by atoms with Crippen molar-refractivity contribution in [2.45, 2.75) is 25.3 Å². The van der Waals surface area contributed by atoms with Crippen molar-refractivity contribution in [2.24, 2.45) is 5.92 Å². The van der Waals surface area contributed by atoms with Crippen LogP contribution in [0.4, 0.5) is 0 Å². The van der Waals surface area contributed by atoms with Gasteiger partial charge in [0.25, 0.3) is 0 Å². The monoisotopic (exact) mass is 218 g/mol. The molecule has 1 aromatic rings. The van der Waals surface area contributed by atoms with E-state index in [0.29, 0.717) is 6.04 Å². The van der Waals surface area contributed by atoms with Crippen LogP contribution in [-0.4, -0.2) is 30.6 Å². The molecule has 1 aliphatic carbocycles. The normalized spacial score (nSPS) is 28.6. The fraction of sp³-hybridized carbons (Fsp3) is 0.615. The lowest BCUT2D eigenvalue weighted by molar-refractivity contribution is 0.255. The Kier molecular flexibility index (Phi) is 2.36. The molecule has 0 amide bonds. The van der Waals surface area contributed by atoms with E-state index < -0.39 is 0 Å². The summed E-state index contributed by atoms with van der Waals surface area (Å²) < 4.78 is 5.19. The number of pyridine rings is 1.